The van der Waals surface area contributed by atoms with Crippen LogP contribution in [0.25, 0.3) is 0 Å². The van der Waals surface area contributed by atoms with Gasteiger partial charge in [-0.15, -0.1) is 0 Å². The Hall–Kier alpha value is -0.380. The highest BCUT2D eigenvalue weighted by Crippen LogP contribution is 2.21. The molecule has 1 N–H and O–H groups in total. The number of rotatable bonds is 4. The Bertz CT molecular complexity index is 369. The van der Waals surface area contributed by atoms with Gasteiger partial charge in [0.25, 0.3) is 0 Å². The first kappa shape index (κ1) is 13.1. The molecule has 0 bridgehead atoms. The molecule has 0 spiro atoms. The third-order valence-electron chi connectivity index (χ3n) is 3.32. The van der Waals surface area contributed by atoms with Gasteiger partial charge in [0.1, 0.15) is 0 Å². The van der Waals surface area contributed by atoms with Gasteiger partial charge in [0.15, 0.2) is 0 Å². The molecule has 1 aliphatic heterocycles. The molecule has 0 radical (unpaired) electrons. The van der Waals surface area contributed by atoms with Gasteiger partial charge in [-0.25, -0.2) is 0 Å². The monoisotopic (exact) mass is 297 g/mol. The standard InChI is InChI=1S/C14H20BrNO/c1-10-6-7-14(17-10)9-16-11(2)12-4-3-5-13(15)8-12/h3-5,8,10-11,14,16H,6-7,9H2,1-2H3/t10?,11-,14?/m1/s1. The fourth-order valence-electron chi connectivity index (χ4n) is 2.24. The average molecular weight is 298 g/mol. The van der Waals surface area contributed by atoms with Gasteiger partial charge in [0, 0.05) is 17.1 Å². The molecule has 17 heavy (non-hydrogen) atoms. The first-order chi connectivity index (χ1) is 8.15. The van der Waals surface area contributed by atoms with Gasteiger partial charge < -0.3 is 10.1 Å². The molecule has 1 aromatic rings. The summed E-state index contributed by atoms with van der Waals surface area (Å²) in [6, 6.07) is 8.81. The van der Waals surface area contributed by atoms with E-state index in [4.69, 9.17) is 4.74 Å². The van der Waals surface area contributed by atoms with Crippen LogP contribution >= 0.6 is 15.9 Å². The topological polar surface area (TPSA) is 21.3 Å². The minimum Gasteiger partial charge on any atom is -0.374 e. The van der Waals surface area contributed by atoms with Crippen molar-refractivity contribution in [2.24, 2.45) is 0 Å². The Balaban J connectivity index is 1.83. The molecule has 0 aromatic heterocycles. The predicted molar refractivity (Wildman–Crippen MR) is 74.1 cm³/mol. The second-order valence-corrected chi connectivity index (χ2v) is 5.75. The van der Waals surface area contributed by atoms with E-state index in [1.165, 1.54) is 18.4 Å². The molecule has 0 saturated carbocycles. The summed E-state index contributed by atoms with van der Waals surface area (Å²) in [4.78, 5) is 0. The van der Waals surface area contributed by atoms with Gasteiger partial charge in [-0.05, 0) is 44.4 Å². The molecule has 1 heterocycles. The molecule has 1 aromatic carbocycles. The average Bonchev–Trinajstić information content (AvgIpc) is 2.72. The molecule has 0 aliphatic carbocycles. The zero-order valence-corrected chi connectivity index (χ0v) is 12.0. The van der Waals surface area contributed by atoms with Crippen LogP contribution in [0.2, 0.25) is 0 Å². The highest BCUT2D eigenvalue weighted by Gasteiger charge is 2.21. The SMILES string of the molecule is CC1CCC(CN[C@H](C)c2cccc(Br)c2)O1. The second kappa shape index (κ2) is 5.98. The molecule has 1 aliphatic rings. The van der Waals surface area contributed by atoms with Crippen LogP contribution in [0, 0.1) is 0 Å². The third kappa shape index (κ3) is 3.80. The fraction of sp³-hybridized carbons (Fsp3) is 0.571. The molecule has 2 nitrogen and oxygen atoms in total. The highest BCUT2D eigenvalue weighted by atomic mass is 79.9. The number of hydrogen-bond acceptors (Lipinski definition) is 2. The van der Waals surface area contributed by atoms with Crippen molar-refractivity contribution in [3.05, 3.63) is 34.3 Å². The van der Waals surface area contributed by atoms with Gasteiger partial charge in [0.2, 0.25) is 0 Å². The lowest BCUT2D eigenvalue weighted by molar-refractivity contribution is 0.0546. The van der Waals surface area contributed by atoms with Crippen LogP contribution in [0.5, 0.6) is 0 Å². The van der Waals surface area contributed by atoms with Crippen LogP contribution in [0.4, 0.5) is 0 Å². The van der Waals surface area contributed by atoms with Crippen LogP contribution in [0.15, 0.2) is 28.7 Å². The lowest BCUT2D eigenvalue weighted by atomic mass is 10.1. The molecule has 2 rings (SSSR count). The molecule has 1 fully saturated rings. The molecule has 0 amide bonds. The van der Waals surface area contributed by atoms with Crippen molar-refractivity contribution in [1.82, 2.24) is 5.32 Å². The van der Waals surface area contributed by atoms with Crippen molar-refractivity contribution in [3.63, 3.8) is 0 Å². The van der Waals surface area contributed by atoms with E-state index in [9.17, 15) is 0 Å². The molecule has 3 atom stereocenters. The van der Waals surface area contributed by atoms with Crippen LogP contribution in [-0.2, 0) is 4.74 Å². The smallest absolute Gasteiger partial charge is 0.0704 e. The Morgan fingerprint density at radius 3 is 2.94 bits per heavy atom. The summed E-state index contributed by atoms with van der Waals surface area (Å²) in [6.07, 6.45) is 3.19. The number of halogens is 1. The Labute approximate surface area is 112 Å². The zero-order chi connectivity index (χ0) is 12.3. The van der Waals surface area contributed by atoms with E-state index in [2.05, 4.69) is 59.4 Å². The van der Waals surface area contributed by atoms with E-state index in [1.54, 1.807) is 0 Å². The van der Waals surface area contributed by atoms with Crippen molar-refractivity contribution in [2.75, 3.05) is 6.54 Å². The van der Waals surface area contributed by atoms with Gasteiger partial charge in [-0.1, -0.05) is 28.1 Å². The predicted octanol–water partition coefficient (Wildman–Crippen LogP) is 3.67. The van der Waals surface area contributed by atoms with Crippen molar-refractivity contribution in [3.8, 4) is 0 Å². The minimum atomic E-state index is 0.368. The van der Waals surface area contributed by atoms with E-state index >= 15 is 0 Å². The van der Waals surface area contributed by atoms with Crippen LogP contribution < -0.4 is 5.32 Å². The molecule has 2 unspecified atom stereocenters. The van der Waals surface area contributed by atoms with Gasteiger partial charge in [0.05, 0.1) is 12.2 Å². The molecular formula is C14H20BrNO. The molecule has 3 heteroatoms. The number of nitrogens with one attached hydrogen (secondary N) is 1. The maximum Gasteiger partial charge on any atom is 0.0704 e. The van der Waals surface area contributed by atoms with Crippen molar-refractivity contribution >= 4 is 15.9 Å². The summed E-state index contributed by atoms with van der Waals surface area (Å²) in [5.41, 5.74) is 1.31. The summed E-state index contributed by atoms with van der Waals surface area (Å²) in [5, 5.41) is 3.54. The number of ether oxygens (including phenoxy) is 1. The third-order valence-corrected chi connectivity index (χ3v) is 3.81. The quantitative estimate of drug-likeness (QED) is 0.916. The molecule has 94 valence electrons. The fourth-order valence-corrected chi connectivity index (χ4v) is 2.65. The summed E-state index contributed by atoms with van der Waals surface area (Å²) >= 11 is 3.50. The van der Waals surface area contributed by atoms with E-state index in [1.807, 2.05) is 0 Å². The first-order valence-electron chi connectivity index (χ1n) is 6.29. The normalized spacial score (nSPS) is 26.1. The summed E-state index contributed by atoms with van der Waals surface area (Å²) in [7, 11) is 0. The Morgan fingerprint density at radius 1 is 1.47 bits per heavy atom. The van der Waals surface area contributed by atoms with E-state index in [-0.39, 0.29) is 0 Å². The Kier molecular flexibility index (Phi) is 4.60. The first-order valence-corrected chi connectivity index (χ1v) is 7.09. The van der Waals surface area contributed by atoms with Crippen LogP contribution in [0.3, 0.4) is 0 Å². The van der Waals surface area contributed by atoms with Crippen molar-refractivity contribution in [2.45, 2.75) is 44.9 Å². The molecule has 1 saturated heterocycles. The number of benzene rings is 1. The minimum absolute atomic E-state index is 0.368. The summed E-state index contributed by atoms with van der Waals surface area (Å²) < 4.78 is 6.93. The summed E-state index contributed by atoms with van der Waals surface area (Å²) in [6.45, 7) is 5.29. The lowest BCUT2D eigenvalue weighted by Gasteiger charge is -2.18. The van der Waals surface area contributed by atoms with E-state index in [0.717, 1.165) is 11.0 Å². The Morgan fingerprint density at radius 2 is 2.29 bits per heavy atom. The van der Waals surface area contributed by atoms with Crippen LogP contribution in [0.1, 0.15) is 38.3 Å². The largest absolute Gasteiger partial charge is 0.374 e. The summed E-state index contributed by atoms with van der Waals surface area (Å²) in [5.74, 6) is 0. The van der Waals surface area contributed by atoms with Crippen LogP contribution in [-0.4, -0.2) is 18.8 Å². The van der Waals surface area contributed by atoms with E-state index < -0.39 is 0 Å². The highest BCUT2D eigenvalue weighted by molar-refractivity contribution is 9.10. The van der Waals surface area contributed by atoms with E-state index in [0.29, 0.717) is 18.2 Å². The maximum atomic E-state index is 5.80. The zero-order valence-electron chi connectivity index (χ0n) is 10.4. The van der Waals surface area contributed by atoms with Gasteiger partial charge in [-0.3, -0.25) is 0 Å². The lowest BCUT2D eigenvalue weighted by Crippen LogP contribution is -2.29. The van der Waals surface area contributed by atoms with Crippen molar-refractivity contribution < 1.29 is 4.74 Å². The number of hydrogen-bond donors (Lipinski definition) is 1. The van der Waals surface area contributed by atoms with Crippen molar-refractivity contribution in [1.29, 1.82) is 0 Å². The molecular weight excluding hydrogens is 278 g/mol. The second-order valence-electron chi connectivity index (χ2n) is 4.83. The van der Waals surface area contributed by atoms with Gasteiger partial charge in [-0.2, -0.15) is 0 Å². The van der Waals surface area contributed by atoms with Gasteiger partial charge >= 0.3 is 0 Å². The maximum absolute atomic E-state index is 5.80.